The summed E-state index contributed by atoms with van der Waals surface area (Å²) < 4.78 is 45.8. The molecule has 6 aliphatic rings. The molecular formula is C26H33F3N6O3. The van der Waals surface area contributed by atoms with Crippen LogP contribution in [0.1, 0.15) is 48.2 Å². The van der Waals surface area contributed by atoms with Gasteiger partial charge in [-0.25, -0.2) is 15.8 Å². The lowest BCUT2D eigenvalue weighted by molar-refractivity contribution is -0.139. The fourth-order valence-electron chi connectivity index (χ4n) is 7.46. The monoisotopic (exact) mass is 534 g/mol. The van der Waals surface area contributed by atoms with E-state index in [2.05, 4.69) is 21.4 Å². The summed E-state index contributed by atoms with van der Waals surface area (Å²) in [6.45, 7) is 2.77. The number of aromatic nitrogens is 1. The lowest BCUT2D eigenvalue weighted by Gasteiger charge is -2.42. The fourth-order valence-corrected chi connectivity index (χ4v) is 7.46. The third-order valence-electron chi connectivity index (χ3n) is 9.78. The van der Waals surface area contributed by atoms with Gasteiger partial charge < -0.3 is 14.5 Å². The third-order valence-corrected chi connectivity index (χ3v) is 9.78. The first kappa shape index (κ1) is 24.6. The molecule has 3 unspecified atom stereocenters. The summed E-state index contributed by atoms with van der Waals surface area (Å²) in [6, 6.07) is 2.72. The van der Waals surface area contributed by atoms with Crippen molar-refractivity contribution in [2.75, 3.05) is 32.8 Å². The predicted octanol–water partition coefficient (Wildman–Crippen LogP) is 1.82. The predicted molar refractivity (Wildman–Crippen MR) is 128 cm³/mol. The van der Waals surface area contributed by atoms with E-state index in [1.54, 1.807) is 4.90 Å². The second-order valence-corrected chi connectivity index (χ2v) is 12.0. The Hall–Kier alpha value is -2.44. The second kappa shape index (κ2) is 9.06. The Labute approximate surface area is 218 Å². The van der Waals surface area contributed by atoms with Gasteiger partial charge in [-0.15, -0.1) is 0 Å². The number of pyridine rings is 1. The van der Waals surface area contributed by atoms with Crippen molar-refractivity contribution in [1.29, 1.82) is 0 Å². The van der Waals surface area contributed by atoms with Gasteiger partial charge in [0.1, 0.15) is 11.3 Å². The number of halogens is 3. The molecule has 3 N–H and O–H groups in total. The highest BCUT2D eigenvalue weighted by Gasteiger charge is 2.59. The molecule has 1 aromatic heterocycles. The number of hydrogen-bond donors (Lipinski definition) is 3. The van der Waals surface area contributed by atoms with Gasteiger partial charge >= 0.3 is 6.18 Å². The maximum Gasteiger partial charge on any atom is 0.421 e. The summed E-state index contributed by atoms with van der Waals surface area (Å²) in [5.74, 6) is 1.11. The zero-order valence-corrected chi connectivity index (χ0v) is 21.0. The molecule has 6 fully saturated rings. The largest absolute Gasteiger partial charge is 0.477 e. The first-order valence-electron chi connectivity index (χ1n) is 13.8. The molecule has 7 rings (SSSR count). The van der Waals surface area contributed by atoms with E-state index in [1.807, 2.05) is 4.90 Å². The fraction of sp³-hybridized carbons (Fsp3) is 0.731. The van der Waals surface area contributed by atoms with Gasteiger partial charge in [-0.1, -0.05) is 0 Å². The van der Waals surface area contributed by atoms with E-state index in [9.17, 15) is 22.8 Å². The number of hydrogen-bond acceptors (Lipinski definition) is 7. The van der Waals surface area contributed by atoms with Crippen LogP contribution in [0, 0.1) is 35.5 Å². The summed E-state index contributed by atoms with van der Waals surface area (Å²) in [5.41, 5.74) is 8.45. The lowest BCUT2D eigenvalue weighted by Crippen LogP contribution is -2.45. The Bertz CT molecular complexity index is 1110. The maximum absolute atomic E-state index is 13.5. The number of likely N-dealkylation sites (tertiary alicyclic amines) is 2. The number of fused-ring (bicyclic) bond motifs is 5. The van der Waals surface area contributed by atoms with Crippen molar-refractivity contribution in [3.8, 4) is 5.88 Å². The van der Waals surface area contributed by atoms with Crippen molar-refractivity contribution in [1.82, 2.24) is 31.2 Å². The van der Waals surface area contributed by atoms with Gasteiger partial charge in [-0.3, -0.25) is 9.59 Å². The minimum Gasteiger partial charge on any atom is -0.477 e. The lowest BCUT2D eigenvalue weighted by atomic mass is 9.60. The van der Waals surface area contributed by atoms with Crippen LogP contribution >= 0.6 is 0 Å². The van der Waals surface area contributed by atoms with E-state index < -0.39 is 17.6 Å². The molecule has 3 aliphatic heterocycles. The molecule has 1 aromatic rings. The molecule has 3 saturated heterocycles. The van der Waals surface area contributed by atoms with Crippen LogP contribution in [0.4, 0.5) is 13.2 Å². The van der Waals surface area contributed by atoms with Crippen LogP contribution in [0.3, 0.4) is 0 Å². The number of carbonyl (C=O) groups is 2. The third kappa shape index (κ3) is 4.24. The van der Waals surface area contributed by atoms with E-state index in [-0.39, 0.29) is 42.0 Å². The molecule has 206 valence electrons. The van der Waals surface area contributed by atoms with Gasteiger partial charge in [-0.05, 0) is 73.8 Å². The van der Waals surface area contributed by atoms with Crippen LogP contribution in [0.25, 0.3) is 0 Å². The topological polar surface area (TPSA) is 98.8 Å². The molecule has 9 nitrogen and oxygen atoms in total. The average molecular weight is 535 g/mol. The smallest absolute Gasteiger partial charge is 0.421 e. The number of alkyl halides is 3. The standard InChI is InChI=1S/C26H33F3N6O3/c27-26(28,29)19-4-6-21(30-23(19)38-12-13-1-2-13)25(37)35-10-17-15-8-34(9-16(15)18(17)11-35)24(36)14-3-5-20-22(7-14)32-33-31-20/h4,6,13-18,20,22,31-33H,1-3,5,7-12H2/t14?,15-,16+,17+,18-,20?,22?. The van der Waals surface area contributed by atoms with Crippen LogP contribution in [0.15, 0.2) is 12.1 Å². The minimum absolute atomic E-state index is 0.00725. The van der Waals surface area contributed by atoms with Crippen molar-refractivity contribution >= 4 is 11.8 Å². The molecule has 0 radical (unpaired) electrons. The van der Waals surface area contributed by atoms with Crippen molar-refractivity contribution in [2.45, 2.75) is 50.4 Å². The summed E-state index contributed by atoms with van der Waals surface area (Å²) >= 11 is 0. The first-order valence-corrected chi connectivity index (χ1v) is 13.8. The number of ether oxygens (including phenoxy) is 1. The number of amides is 2. The van der Waals surface area contributed by atoms with Gasteiger partial charge in [0.25, 0.3) is 5.91 Å². The molecule has 0 aromatic carbocycles. The molecule has 0 bridgehead atoms. The molecular weight excluding hydrogens is 501 g/mol. The van der Waals surface area contributed by atoms with E-state index >= 15 is 0 Å². The Morgan fingerprint density at radius 1 is 0.921 bits per heavy atom. The quantitative estimate of drug-likeness (QED) is 0.530. The van der Waals surface area contributed by atoms with Gasteiger partial charge in [-0.2, -0.15) is 18.7 Å². The number of hydrazine groups is 2. The zero-order chi connectivity index (χ0) is 26.2. The van der Waals surface area contributed by atoms with Gasteiger partial charge in [0, 0.05) is 44.2 Å². The number of nitrogens with one attached hydrogen (secondary N) is 3. The van der Waals surface area contributed by atoms with Crippen LogP contribution in [0.5, 0.6) is 5.88 Å². The molecule has 0 spiro atoms. The first-order chi connectivity index (χ1) is 18.3. The highest BCUT2D eigenvalue weighted by molar-refractivity contribution is 5.92. The molecule has 38 heavy (non-hydrogen) atoms. The number of nitrogens with zero attached hydrogens (tertiary/aromatic N) is 3. The van der Waals surface area contributed by atoms with Crippen LogP contribution < -0.4 is 21.1 Å². The Balaban J connectivity index is 0.982. The van der Waals surface area contributed by atoms with Crippen LogP contribution in [-0.2, 0) is 11.0 Å². The number of rotatable bonds is 5. The van der Waals surface area contributed by atoms with Crippen molar-refractivity contribution in [3.63, 3.8) is 0 Å². The Morgan fingerprint density at radius 3 is 2.24 bits per heavy atom. The molecule has 7 atom stereocenters. The normalized spacial score (nSPS) is 35.9. The van der Waals surface area contributed by atoms with E-state index in [0.29, 0.717) is 42.8 Å². The molecule has 12 heteroatoms. The summed E-state index contributed by atoms with van der Waals surface area (Å²) in [6.07, 6.45) is -0.0245. The average Bonchev–Trinajstić information content (AvgIpc) is 3.30. The van der Waals surface area contributed by atoms with Gasteiger partial charge in [0.2, 0.25) is 11.8 Å². The summed E-state index contributed by atoms with van der Waals surface area (Å²) in [7, 11) is 0. The SMILES string of the molecule is O=C(c1ccc(C(F)(F)F)c(OCC2CC2)n1)N1C[C@@H]2[C@H](C1)[C@H]1CN(C(=O)C3CCC4NNNC4C3)C[C@@H]21. The minimum atomic E-state index is -4.60. The second-order valence-electron chi connectivity index (χ2n) is 12.0. The van der Waals surface area contributed by atoms with Crippen molar-refractivity contribution in [2.24, 2.45) is 35.5 Å². The zero-order valence-electron chi connectivity index (χ0n) is 21.0. The summed E-state index contributed by atoms with van der Waals surface area (Å²) in [4.78, 5) is 34.4. The molecule has 4 heterocycles. The van der Waals surface area contributed by atoms with Crippen molar-refractivity contribution < 1.29 is 27.5 Å². The Morgan fingerprint density at radius 2 is 1.58 bits per heavy atom. The summed E-state index contributed by atoms with van der Waals surface area (Å²) in [5, 5.41) is 0. The highest BCUT2D eigenvalue weighted by atomic mass is 19.4. The van der Waals surface area contributed by atoms with Gasteiger partial charge in [0.05, 0.1) is 6.61 Å². The van der Waals surface area contributed by atoms with Crippen LogP contribution in [-0.4, -0.2) is 71.5 Å². The number of carbonyl (C=O) groups excluding carboxylic acids is 2. The van der Waals surface area contributed by atoms with Gasteiger partial charge in [0.15, 0.2) is 0 Å². The van der Waals surface area contributed by atoms with E-state index in [1.165, 1.54) is 0 Å². The molecule has 3 saturated carbocycles. The molecule has 3 aliphatic carbocycles. The highest BCUT2D eigenvalue weighted by Crippen LogP contribution is 2.54. The van der Waals surface area contributed by atoms with E-state index in [4.69, 9.17) is 4.74 Å². The maximum atomic E-state index is 13.5. The Kier molecular flexibility index (Phi) is 5.86. The van der Waals surface area contributed by atoms with Crippen molar-refractivity contribution in [3.05, 3.63) is 23.4 Å². The molecule has 2 amide bonds. The van der Waals surface area contributed by atoms with E-state index in [0.717, 1.165) is 57.3 Å². The van der Waals surface area contributed by atoms with Crippen LogP contribution in [0.2, 0.25) is 0 Å².